The van der Waals surface area contributed by atoms with Gasteiger partial charge in [-0.05, 0) is 52.4 Å². The monoisotopic (exact) mass is 246 g/mol. The molecule has 0 aliphatic carbocycles. The summed E-state index contributed by atoms with van der Waals surface area (Å²) in [5.41, 5.74) is 0. The van der Waals surface area contributed by atoms with Gasteiger partial charge in [-0.15, -0.1) is 0 Å². The van der Waals surface area contributed by atoms with Crippen LogP contribution in [0.25, 0.3) is 0 Å². The van der Waals surface area contributed by atoms with E-state index in [0.717, 1.165) is 25.7 Å². The summed E-state index contributed by atoms with van der Waals surface area (Å²) in [6, 6.07) is 0. The van der Waals surface area contributed by atoms with Crippen molar-refractivity contribution in [2.24, 2.45) is 10.2 Å². The highest BCUT2D eigenvalue weighted by molar-refractivity contribution is 4.84. The molecule has 100 valence electrons. The van der Waals surface area contributed by atoms with E-state index in [1.807, 2.05) is 0 Å². The second-order valence-corrected chi connectivity index (χ2v) is 4.00. The molecule has 0 saturated carbocycles. The Balaban J connectivity index is 3.40. The maximum atomic E-state index is 3.95. The first-order chi connectivity index (χ1) is 8.91. The standard InChI is InChI=1S/C16H26N2/c1-3-5-7-9-11-13-15-17-18-16-14-12-10-8-6-4-2/h3-6,13-16H,7-12H2,1-2H3. The SMILES string of the molecule is CC=CCCCC=CN=NC=CCCCC=CC. The number of hydrogen-bond acceptors (Lipinski definition) is 2. The van der Waals surface area contributed by atoms with Crippen molar-refractivity contribution in [2.75, 3.05) is 0 Å². The summed E-state index contributed by atoms with van der Waals surface area (Å²) >= 11 is 0. The Labute approximate surface area is 112 Å². The van der Waals surface area contributed by atoms with Gasteiger partial charge in [0, 0.05) is 12.4 Å². The smallest absolute Gasteiger partial charge is 0.0455 e. The lowest BCUT2D eigenvalue weighted by molar-refractivity contribution is 0.862. The molecule has 0 spiro atoms. The van der Waals surface area contributed by atoms with Crippen molar-refractivity contribution in [2.45, 2.75) is 52.4 Å². The van der Waals surface area contributed by atoms with Crippen molar-refractivity contribution in [1.29, 1.82) is 0 Å². The molecule has 0 rings (SSSR count). The molecule has 0 radical (unpaired) electrons. The average Bonchev–Trinajstić information content (AvgIpc) is 2.39. The van der Waals surface area contributed by atoms with Gasteiger partial charge in [0.2, 0.25) is 0 Å². The third-order valence-electron chi connectivity index (χ3n) is 2.37. The van der Waals surface area contributed by atoms with Gasteiger partial charge in [0.25, 0.3) is 0 Å². The number of unbranched alkanes of at least 4 members (excludes halogenated alkanes) is 4. The van der Waals surface area contributed by atoms with Crippen LogP contribution in [0.3, 0.4) is 0 Å². The predicted molar refractivity (Wildman–Crippen MR) is 80.5 cm³/mol. The molecule has 0 fully saturated rings. The van der Waals surface area contributed by atoms with Gasteiger partial charge in [-0.2, -0.15) is 10.2 Å². The molecular weight excluding hydrogens is 220 g/mol. The lowest BCUT2D eigenvalue weighted by atomic mass is 10.2. The van der Waals surface area contributed by atoms with Crippen molar-refractivity contribution < 1.29 is 0 Å². The van der Waals surface area contributed by atoms with Gasteiger partial charge in [0.1, 0.15) is 0 Å². The molecule has 0 saturated heterocycles. The van der Waals surface area contributed by atoms with E-state index in [1.54, 1.807) is 12.4 Å². The maximum absolute atomic E-state index is 3.95. The van der Waals surface area contributed by atoms with E-state index in [0.29, 0.717) is 0 Å². The lowest BCUT2D eigenvalue weighted by Gasteiger charge is -1.88. The third kappa shape index (κ3) is 14.6. The highest BCUT2D eigenvalue weighted by Crippen LogP contribution is 1.99. The van der Waals surface area contributed by atoms with E-state index in [1.165, 1.54) is 12.8 Å². The first kappa shape index (κ1) is 16.6. The van der Waals surface area contributed by atoms with Crippen LogP contribution in [0, 0.1) is 0 Å². The Bertz CT molecular complexity index is 266. The Kier molecular flexibility index (Phi) is 14.3. The average molecular weight is 246 g/mol. The fourth-order valence-electron chi connectivity index (χ4n) is 1.36. The predicted octanol–water partition coefficient (Wildman–Crippen LogP) is 5.96. The zero-order chi connectivity index (χ0) is 13.3. The van der Waals surface area contributed by atoms with Crippen molar-refractivity contribution in [3.8, 4) is 0 Å². The fourth-order valence-corrected chi connectivity index (χ4v) is 1.36. The lowest BCUT2D eigenvalue weighted by Crippen LogP contribution is -1.68. The number of nitrogens with zero attached hydrogens (tertiary/aromatic N) is 2. The fraction of sp³-hybridized carbons (Fsp3) is 0.500. The zero-order valence-corrected chi connectivity index (χ0v) is 11.8. The van der Waals surface area contributed by atoms with E-state index in [4.69, 9.17) is 0 Å². The van der Waals surface area contributed by atoms with Crippen LogP contribution in [0.2, 0.25) is 0 Å². The summed E-state index contributed by atoms with van der Waals surface area (Å²) in [5.74, 6) is 0. The quantitative estimate of drug-likeness (QED) is 0.258. The van der Waals surface area contributed by atoms with E-state index in [9.17, 15) is 0 Å². The maximum Gasteiger partial charge on any atom is 0.0455 e. The molecule has 0 aliphatic heterocycles. The minimum absolute atomic E-state index is 1.07. The van der Waals surface area contributed by atoms with E-state index < -0.39 is 0 Å². The molecule has 0 aromatic rings. The molecule has 2 nitrogen and oxygen atoms in total. The molecule has 0 amide bonds. The number of hydrogen-bond donors (Lipinski definition) is 0. The van der Waals surface area contributed by atoms with Gasteiger partial charge in [0.05, 0.1) is 0 Å². The van der Waals surface area contributed by atoms with Crippen molar-refractivity contribution in [1.82, 2.24) is 0 Å². The highest BCUT2D eigenvalue weighted by Gasteiger charge is 1.79. The summed E-state index contributed by atoms with van der Waals surface area (Å²) in [6.45, 7) is 4.10. The van der Waals surface area contributed by atoms with Crippen molar-refractivity contribution in [3.63, 3.8) is 0 Å². The van der Waals surface area contributed by atoms with Gasteiger partial charge in [0.15, 0.2) is 0 Å². The molecule has 0 atom stereocenters. The second-order valence-electron chi connectivity index (χ2n) is 4.00. The Morgan fingerprint density at radius 1 is 0.611 bits per heavy atom. The van der Waals surface area contributed by atoms with Gasteiger partial charge in [-0.25, -0.2) is 0 Å². The van der Waals surface area contributed by atoms with Gasteiger partial charge in [-0.3, -0.25) is 0 Å². The van der Waals surface area contributed by atoms with E-state index in [-0.39, 0.29) is 0 Å². The molecule has 0 aromatic heterocycles. The molecule has 18 heavy (non-hydrogen) atoms. The molecule has 0 unspecified atom stereocenters. The van der Waals surface area contributed by atoms with Crippen LogP contribution in [0.4, 0.5) is 0 Å². The molecule has 0 heterocycles. The largest absolute Gasteiger partial charge is 0.160 e. The van der Waals surface area contributed by atoms with E-state index in [2.05, 4.69) is 60.5 Å². The number of rotatable bonds is 10. The summed E-state index contributed by atoms with van der Waals surface area (Å²) in [7, 11) is 0. The minimum Gasteiger partial charge on any atom is -0.160 e. The van der Waals surface area contributed by atoms with Crippen LogP contribution in [0.15, 0.2) is 59.1 Å². The van der Waals surface area contributed by atoms with Gasteiger partial charge in [-0.1, -0.05) is 36.5 Å². The number of allylic oxidation sites excluding steroid dienone is 6. The third-order valence-corrected chi connectivity index (χ3v) is 2.37. The first-order valence-electron chi connectivity index (χ1n) is 6.84. The van der Waals surface area contributed by atoms with Gasteiger partial charge < -0.3 is 0 Å². The zero-order valence-electron chi connectivity index (χ0n) is 11.8. The van der Waals surface area contributed by atoms with Crippen molar-refractivity contribution in [3.05, 3.63) is 48.9 Å². The summed E-state index contributed by atoms with van der Waals surface area (Å²) < 4.78 is 0. The highest BCUT2D eigenvalue weighted by atomic mass is 15.1. The summed E-state index contributed by atoms with van der Waals surface area (Å²) in [6.07, 6.45) is 23.0. The van der Waals surface area contributed by atoms with Crippen LogP contribution in [0.1, 0.15) is 52.4 Å². The molecule has 0 bridgehead atoms. The minimum atomic E-state index is 1.07. The van der Waals surface area contributed by atoms with Crippen LogP contribution in [-0.4, -0.2) is 0 Å². The first-order valence-corrected chi connectivity index (χ1v) is 6.84. The topological polar surface area (TPSA) is 24.7 Å². The van der Waals surface area contributed by atoms with Crippen LogP contribution < -0.4 is 0 Å². The van der Waals surface area contributed by atoms with Crippen molar-refractivity contribution >= 4 is 0 Å². The molecule has 0 aromatic carbocycles. The normalized spacial score (nSPS) is 13.2. The Hall–Kier alpha value is -1.44. The Morgan fingerprint density at radius 2 is 1.00 bits per heavy atom. The van der Waals surface area contributed by atoms with Crippen LogP contribution >= 0.6 is 0 Å². The van der Waals surface area contributed by atoms with E-state index >= 15 is 0 Å². The summed E-state index contributed by atoms with van der Waals surface area (Å²) in [5, 5.41) is 7.90. The van der Waals surface area contributed by atoms with Crippen LogP contribution in [-0.2, 0) is 0 Å². The molecule has 0 aliphatic rings. The number of azo groups is 1. The molecule has 2 heteroatoms. The summed E-state index contributed by atoms with van der Waals surface area (Å²) in [4.78, 5) is 0. The Morgan fingerprint density at radius 3 is 1.39 bits per heavy atom. The van der Waals surface area contributed by atoms with Gasteiger partial charge >= 0.3 is 0 Å². The molecule has 0 N–H and O–H groups in total. The molecular formula is C16H26N2. The van der Waals surface area contributed by atoms with Crippen LogP contribution in [0.5, 0.6) is 0 Å². The second kappa shape index (κ2) is 15.6.